The first-order valence-electron chi connectivity index (χ1n) is 24.9. The average molecular weight is 1150 g/mol. The van der Waals surface area contributed by atoms with Crippen LogP contribution in [0, 0.1) is 0 Å². The topological polar surface area (TPSA) is 442 Å². The van der Waals surface area contributed by atoms with Gasteiger partial charge in [0.25, 0.3) is 0 Å². The first-order valence-corrected chi connectivity index (χ1v) is 24.9. The van der Waals surface area contributed by atoms with E-state index in [9.17, 15) is 85.6 Å². The molecule has 29 nitrogen and oxygen atoms in total. The van der Waals surface area contributed by atoms with E-state index in [0.29, 0.717) is 0 Å². The van der Waals surface area contributed by atoms with Crippen LogP contribution in [-0.2, 0) is 66.5 Å². The summed E-state index contributed by atoms with van der Waals surface area (Å²) >= 11 is 0. The molecule has 0 spiro atoms. The summed E-state index contributed by atoms with van der Waals surface area (Å²) in [5, 5.41) is 140. The molecule has 3 aromatic rings. The number of benzene rings is 3. The molecule has 4 aliphatic heterocycles. The molecule has 0 unspecified atom stereocenters. The standard InChI is InChI=1S/C52H62O29/c1-23(56)71-21-34-38(63)41(66)43(68)50(75-34)77-45-44(76-36(61)15-11-25-9-13-28(58)30(17-25)70-2)33(20-55)74-51(46(45)78-49-42(67)40(65)37(62)31(18-53)73-49)81-52(22-72-35(60)14-10-24-8-12-27(57)29(59)16-24)47(39(64)32(19-54)80-52)79-48(69)26-6-4-3-5-7-26/h3-17,31-34,37-47,49-51,53-55,57-59,62-68H,18-22H2,1-2H3/b14-10-,15-11-/t31-,32+,33+,34-,37+,38+,39+,40-,41-,42+,43+,44+,45-,46+,47-,49+,50-,51+,52-/m0/s1. The van der Waals surface area contributed by atoms with Gasteiger partial charge in [0, 0.05) is 19.1 Å². The van der Waals surface area contributed by atoms with Crippen LogP contribution in [0.15, 0.2) is 78.9 Å². The van der Waals surface area contributed by atoms with Crippen molar-refractivity contribution in [2.75, 3.05) is 40.1 Å². The molecule has 4 heterocycles. The molecule has 29 heteroatoms. The normalized spacial score (nSPS) is 34.2. The molecular formula is C52H62O29. The first-order chi connectivity index (χ1) is 38.6. The van der Waals surface area contributed by atoms with Gasteiger partial charge in [-0.1, -0.05) is 30.3 Å². The largest absolute Gasteiger partial charge is 0.504 e. The fourth-order valence-electron chi connectivity index (χ4n) is 8.93. The van der Waals surface area contributed by atoms with Crippen LogP contribution in [0.25, 0.3) is 12.2 Å². The summed E-state index contributed by atoms with van der Waals surface area (Å²) < 4.78 is 70.3. The Bertz CT molecular complexity index is 2670. The number of hydrogen-bond acceptors (Lipinski definition) is 29. The molecule has 13 N–H and O–H groups in total. The molecule has 0 saturated carbocycles. The SMILES string of the molecule is COc1cc(/C=C\C(=O)O[C@H]2[C@H](O[C@@H]3O[C@@H](COC(C)=O)[C@@H](O)[C@H](O)[C@H]3O)[C@@H](O[C@H]3O[C@@H](CO)[C@@H](O)[C@H](O)[C@H]3O)[C@@H](O[C@]3(COC(=O)/C=C\c4ccc(O)c(O)c4)O[C@H](CO)[C@@H](O)[C@@H]3OC(=O)c3ccccc3)O[C@@H]2CO)ccc1O. The number of rotatable bonds is 21. The molecule has 0 aliphatic carbocycles. The van der Waals surface area contributed by atoms with Crippen LogP contribution in [0.2, 0.25) is 0 Å². The summed E-state index contributed by atoms with van der Waals surface area (Å²) in [5.74, 6) is -8.74. The average Bonchev–Trinajstić information content (AvgIpc) is 3.99. The quantitative estimate of drug-likeness (QED) is 0.0212. The first kappa shape index (κ1) is 62.1. The Morgan fingerprint density at radius 2 is 1.14 bits per heavy atom. The minimum atomic E-state index is -2.93. The maximum atomic E-state index is 14.0. The molecule has 4 fully saturated rings. The Labute approximate surface area is 459 Å². The molecule has 19 atom stereocenters. The van der Waals surface area contributed by atoms with Crippen LogP contribution >= 0.6 is 0 Å². The number of aliphatic hydroxyl groups excluding tert-OH is 10. The van der Waals surface area contributed by atoms with E-state index in [0.717, 1.165) is 37.3 Å². The summed E-state index contributed by atoms with van der Waals surface area (Å²) in [4.78, 5) is 53.3. The molecule has 3 aromatic carbocycles. The number of esters is 4. The van der Waals surface area contributed by atoms with Crippen LogP contribution in [0.5, 0.6) is 23.0 Å². The van der Waals surface area contributed by atoms with Crippen molar-refractivity contribution in [1.82, 2.24) is 0 Å². The van der Waals surface area contributed by atoms with Crippen molar-refractivity contribution in [3.05, 3.63) is 95.6 Å². The molecule has 0 aromatic heterocycles. The number of carbonyl (C=O) groups is 4. The lowest BCUT2D eigenvalue weighted by Gasteiger charge is -2.50. The second kappa shape index (κ2) is 27.5. The van der Waals surface area contributed by atoms with E-state index in [4.69, 9.17) is 56.8 Å². The number of carbonyl (C=O) groups excluding carboxylic acids is 4. The lowest BCUT2D eigenvalue weighted by atomic mass is 9.95. The van der Waals surface area contributed by atoms with E-state index >= 15 is 0 Å². The van der Waals surface area contributed by atoms with E-state index < -0.39 is 185 Å². The lowest BCUT2D eigenvalue weighted by Crippen LogP contribution is -2.69. The zero-order valence-electron chi connectivity index (χ0n) is 42.9. The summed E-state index contributed by atoms with van der Waals surface area (Å²) in [6.07, 6.45) is -33.8. The van der Waals surface area contributed by atoms with Crippen molar-refractivity contribution >= 4 is 36.0 Å². The molecule has 0 bridgehead atoms. The van der Waals surface area contributed by atoms with Gasteiger partial charge in [-0.15, -0.1) is 0 Å². The summed E-state index contributed by atoms with van der Waals surface area (Å²) in [5.41, 5.74) is 0.307. The summed E-state index contributed by atoms with van der Waals surface area (Å²) in [6.45, 7) is -4.29. The van der Waals surface area contributed by atoms with Crippen molar-refractivity contribution in [2.24, 2.45) is 0 Å². The van der Waals surface area contributed by atoms with Crippen LogP contribution < -0.4 is 4.74 Å². The van der Waals surface area contributed by atoms with Gasteiger partial charge >= 0.3 is 23.9 Å². The summed E-state index contributed by atoms with van der Waals surface area (Å²) in [6, 6.07) is 14.6. The molecule has 4 aliphatic rings. The fraction of sp³-hybridized carbons (Fsp3) is 0.500. The minimum absolute atomic E-state index is 0.00459. The lowest BCUT2D eigenvalue weighted by molar-refractivity contribution is -0.421. The van der Waals surface area contributed by atoms with E-state index in [-0.39, 0.29) is 28.2 Å². The smallest absolute Gasteiger partial charge is 0.338 e. The third-order valence-electron chi connectivity index (χ3n) is 13.2. The van der Waals surface area contributed by atoms with Crippen molar-refractivity contribution in [3.8, 4) is 23.0 Å². The maximum absolute atomic E-state index is 14.0. The molecule has 444 valence electrons. The van der Waals surface area contributed by atoms with Gasteiger partial charge in [-0.25, -0.2) is 14.4 Å². The monoisotopic (exact) mass is 1150 g/mol. The second-order valence-corrected chi connectivity index (χ2v) is 18.7. The number of phenols is 3. The van der Waals surface area contributed by atoms with Crippen LogP contribution in [0.1, 0.15) is 28.4 Å². The summed E-state index contributed by atoms with van der Waals surface area (Å²) in [7, 11) is 1.27. The van der Waals surface area contributed by atoms with Gasteiger partial charge in [-0.05, 0) is 59.7 Å². The fourth-order valence-corrected chi connectivity index (χ4v) is 8.93. The molecule has 4 saturated heterocycles. The highest BCUT2D eigenvalue weighted by Crippen LogP contribution is 2.42. The molecule has 0 radical (unpaired) electrons. The van der Waals surface area contributed by atoms with Gasteiger partial charge in [-0.2, -0.15) is 0 Å². The van der Waals surface area contributed by atoms with Gasteiger partial charge in [0.2, 0.25) is 5.79 Å². The predicted octanol–water partition coefficient (Wildman–Crippen LogP) is -3.66. The van der Waals surface area contributed by atoms with Crippen molar-refractivity contribution < 1.29 is 142 Å². The molecular weight excluding hydrogens is 1090 g/mol. The molecule has 7 rings (SSSR count). The van der Waals surface area contributed by atoms with E-state index in [1.165, 1.54) is 61.7 Å². The zero-order chi connectivity index (χ0) is 58.9. The molecule has 81 heavy (non-hydrogen) atoms. The van der Waals surface area contributed by atoms with Crippen LogP contribution in [0.4, 0.5) is 0 Å². The Morgan fingerprint density at radius 1 is 0.568 bits per heavy atom. The maximum Gasteiger partial charge on any atom is 0.338 e. The third kappa shape index (κ3) is 14.6. The highest BCUT2D eigenvalue weighted by Gasteiger charge is 2.64. The Hall–Kier alpha value is -6.46. The number of methoxy groups -OCH3 is 1. The predicted molar refractivity (Wildman–Crippen MR) is 263 cm³/mol. The zero-order valence-corrected chi connectivity index (χ0v) is 42.9. The second-order valence-electron chi connectivity index (χ2n) is 18.7. The van der Waals surface area contributed by atoms with Crippen molar-refractivity contribution in [3.63, 3.8) is 0 Å². The highest BCUT2D eigenvalue weighted by atomic mass is 16.8. The van der Waals surface area contributed by atoms with Gasteiger partial charge in [0.1, 0.15) is 92.6 Å². The number of aromatic hydroxyl groups is 3. The van der Waals surface area contributed by atoms with Gasteiger partial charge in [0.15, 0.2) is 54.1 Å². The number of aliphatic hydroxyl groups is 10. The van der Waals surface area contributed by atoms with Crippen molar-refractivity contribution in [1.29, 1.82) is 0 Å². The number of ether oxygens (including phenoxy) is 12. The van der Waals surface area contributed by atoms with Crippen LogP contribution in [-0.4, -0.2) is 247 Å². The Balaban J connectivity index is 1.36. The number of hydrogen-bond donors (Lipinski definition) is 13. The third-order valence-corrected chi connectivity index (χ3v) is 13.2. The van der Waals surface area contributed by atoms with E-state index in [1.807, 2.05) is 0 Å². The Kier molecular flexibility index (Phi) is 21.1. The minimum Gasteiger partial charge on any atom is -0.504 e. The van der Waals surface area contributed by atoms with Crippen LogP contribution in [0.3, 0.4) is 0 Å². The van der Waals surface area contributed by atoms with Gasteiger partial charge in [-0.3, -0.25) is 4.79 Å². The Morgan fingerprint density at radius 3 is 1.74 bits per heavy atom. The van der Waals surface area contributed by atoms with Gasteiger partial charge in [0.05, 0.1) is 32.5 Å². The van der Waals surface area contributed by atoms with E-state index in [2.05, 4.69) is 0 Å². The van der Waals surface area contributed by atoms with E-state index in [1.54, 1.807) is 6.07 Å². The highest BCUT2D eigenvalue weighted by molar-refractivity contribution is 5.90. The van der Waals surface area contributed by atoms with Crippen molar-refractivity contribution in [2.45, 2.75) is 123 Å². The van der Waals surface area contributed by atoms with Gasteiger partial charge < -0.3 is 123 Å². The number of phenolic OH excluding ortho intramolecular Hbond substituents is 3. The molecule has 0 amide bonds.